The van der Waals surface area contributed by atoms with Gasteiger partial charge in [-0.3, -0.25) is 4.79 Å². The molecule has 0 N–H and O–H groups in total. The number of nitrogens with zero attached hydrogens (tertiary/aromatic N) is 1. The fourth-order valence-corrected chi connectivity index (χ4v) is 5.34. The zero-order valence-electron chi connectivity index (χ0n) is 14.9. The van der Waals surface area contributed by atoms with Crippen molar-refractivity contribution in [2.24, 2.45) is 0 Å². The first kappa shape index (κ1) is 17.5. The van der Waals surface area contributed by atoms with Crippen molar-refractivity contribution in [3.05, 3.63) is 51.0 Å². The van der Waals surface area contributed by atoms with Gasteiger partial charge in [0.25, 0.3) is 0 Å². The average molecular weight is 386 g/mol. The number of benzene rings is 1. The van der Waals surface area contributed by atoms with E-state index < -0.39 is 0 Å². The fourth-order valence-electron chi connectivity index (χ4n) is 3.83. The second-order valence-electron chi connectivity index (χ2n) is 6.71. The minimum Gasteiger partial charge on any atom is -0.469 e. The van der Waals surface area contributed by atoms with Crippen LogP contribution in [0.1, 0.15) is 34.5 Å². The number of aromatic nitrogens is 1. The fraction of sp³-hybridized carbons (Fsp3) is 0.333. The Balaban J connectivity index is 2.06. The topological polar surface area (TPSA) is 39.2 Å². The first-order valence-electron chi connectivity index (χ1n) is 8.85. The van der Waals surface area contributed by atoms with Crippen molar-refractivity contribution in [1.29, 1.82) is 0 Å². The minimum absolute atomic E-state index is 0.220. The smallest absolute Gasteiger partial charge is 0.310 e. The van der Waals surface area contributed by atoms with Crippen molar-refractivity contribution in [1.82, 2.24) is 4.98 Å². The molecular formula is C21H20ClNO2S. The lowest BCUT2D eigenvalue weighted by atomic mass is 9.89. The van der Waals surface area contributed by atoms with Gasteiger partial charge in [-0.05, 0) is 67.0 Å². The normalized spacial score (nSPS) is 13.7. The molecule has 0 atom stereocenters. The Morgan fingerprint density at radius 1 is 1.31 bits per heavy atom. The van der Waals surface area contributed by atoms with Gasteiger partial charge in [0.05, 0.1) is 13.5 Å². The lowest BCUT2D eigenvalue weighted by Gasteiger charge is -2.17. The van der Waals surface area contributed by atoms with E-state index in [0.29, 0.717) is 5.02 Å². The number of carbonyl (C=O) groups excluding carboxylic acids is 1. The molecule has 26 heavy (non-hydrogen) atoms. The third-order valence-electron chi connectivity index (χ3n) is 5.07. The van der Waals surface area contributed by atoms with E-state index in [0.717, 1.165) is 40.1 Å². The molecule has 0 bridgehead atoms. The Kier molecular flexibility index (Phi) is 4.72. The molecule has 3 nitrogen and oxygen atoms in total. The molecular weight excluding hydrogens is 366 g/mol. The minimum atomic E-state index is -0.248. The standard InChI is InChI=1S/C21H20ClNO2S/c1-12-16(11-18(24)25-2)19(13-6-5-7-14(22)10-13)20-15-8-3-4-9-17(15)26-21(20)23-12/h5-7,10H,3-4,8-9,11H2,1-2H3. The van der Waals surface area contributed by atoms with Crippen LogP contribution in [0, 0.1) is 6.92 Å². The molecule has 0 amide bonds. The first-order chi connectivity index (χ1) is 12.6. The van der Waals surface area contributed by atoms with Crippen molar-refractivity contribution in [2.75, 3.05) is 7.11 Å². The summed E-state index contributed by atoms with van der Waals surface area (Å²) in [5.41, 5.74) is 5.37. The number of carbonyl (C=O) groups is 1. The maximum Gasteiger partial charge on any atom is 0.310 e. The SMILES string of the molecule is COC(=O)Cc1c(C)nc2sc3c(c2c1-c1cccc(Cl)c1)CCCC3. The van der Waals surface area contributed by atoms with Gasteiger partial charge in [-0.25, -0.2) is 4.98 Å². The van der Waals surface area contributed by atoms with Gasteiger partial charge in [-0.1, -0.05) is 23.7 Å². The maximum absolute atomic E-state index is 12.1. The molecule has 3 aromatic rings. The predicted molar refractivity (Wildman–Crippen MR) is 107 cm³/mol. The molecule has 0 unspecified atom stereocenters. The van der Waals surface area contributed by atoms with Crippen LogP contribution in [0.5, 0.6) is 0 Å². The highest BCUT2D eigenvalue weighted by Gasteiger charge is 2.24. The van der Waals surface area contributed by atoms with E-state index in [1.54, 1.807) is 11.3 Å². The summed E-state index contributed by atoms with van der Waals surface area (Å²) < 4.78 is 4.94. The highest BCUT2D eigenvalue weighted by atomic mass is 35.5. The molecule has 134 valence electrons. The molecule has 1 aromatic carbocycles. The number of hydrogen-bond donors (Lipinski definition) is 0. The number of halogens is 1. The average Bonchev–Trinajstić information content (AvgIpc) is 2.99. The monoisotopic (exact) mass is 385 g/mol. The Morgan fingerprint density at radius 3 is 2.88 bits per heavy atom. The van der Waals surface area contributed by atoms with E-state index in [1.165, 1.54) is 35.8 Å². The summed E-state index contributed by atoms with van der Waals surface area (Å²) in [6.45, 7) is 1.98. The van der Waals surface area contributed by atoms with Gasteiger partial charge in [0.15, 0.2) is 0 Å². The van der Waals surface area contributed by atoms with Gasteiger partial charge in [0.2, 0.25) is 0 Å². The number of aryl methyl sites for hydroxylation is 3. The summed E-state index contributed by atoms with van der Waals surface area (Å²) >= 11 is 8.08. The van der Waals surface area contributed by atoms with Gasteiger partial charge >= 0.3 is 5.97 Å². The van der Waals surface area contributed by atoms with Gasteiger partial charge in [0.1, 0.15) is 4.83 Å². The van der Waals surface area contributed by atoms with E-state index in [9.17, 15) is 4.79 Å². The Labute approximate surface area is 162 Å². The van der Waals surface area contributed by atoms with Gasteiger partial charge in [0, 0.05) is 21.0 Å². The van der Waals surface area contributed by atoms with Crippen LogP contribution in [0.2, 0.25) is 5.02 Å². The van der Waals surface area contributed by atoms with E-state index in [2.05, 4.69) is 6.07 Å². The number of rotatable bonds is 3. The molecule has 4 rings (SSSR count). The molecule has 2 heterocycles. The van der Waals surface area contributed by atoms with Crippen molar-refractivity contribution >= 4 is 39.1 Å². The van der Waals surface area contributed by atoms with E-state index in [4.69, 9.17) is 21.3 Å². The van der Waals surface area contributed by atoms with Gasteiger partial charge in [-0.15, -0.1) is 11.3 Å². The van der Waals surface area contributed by atoms with Crippen molar-refractivity contribution in [3.63, 3.8) is 0 Å². The number of ether oxygens (including phenoxy) is 1. The summed E-state index contributed by atoms with van der Waals surface area (Å²) in [4.78, 5) is 19.4. The molecule has 0 fully saturated rings. The Morgan fingerprint density at radius 2 is 2.12 bits per heavy atom. The number of methoxy groups -OCH3 is 1. The molecule has 5 heteroatoms. The molecule has 1 aliphatic carbocycles. The molecule has 0 spiro atoms. The van der Waals surface area contributed by atoms with Crippen LogP contribution < -0.4 is 0 Å². The van der Waals surface area contributed by atoms with Crippen LogP contribution >= 0.6 is 22.9 Å². The summed E-state index contributed by atoms with van der Waals surface area (Å²) in [7, 11) is 1.43. The van der Waals surface area contributed by atoms with E-state index in [-0.39, 0.29) is 12.4 Å². The summed E-state index contributed by atoms with van der Waals surface area (Å²) in [6, 6.07) is 7.87. The second kappa shape index (κ2) is 7.01. The lowest BCUT2D eigenvalue weighted by molar-refractivity contribution is -0.139. The zero-order chi connectivity index (χ0) is 18.3. The van der Waals surface area contributed by atoms with Crippen LogP contribution in [0.25, 0.3) is 21.3 Å². The highest BCUT2D eigenvalue weighted by Crippen LogP contribution is 2.43. The van der Waals surface area contributed by atoms with Crippen molar-refractivity contribution in [3.8, 4) is 11.1 Å². The van der Waals surface area contributed by atoms with E-state index >= 15 is 0 Å². The first-order valence-corrected chi connectivity index (χ1v) is 10.0. The summed E-state index contributed by atoms with van der Waals surface area (Å²) in [5.74, 6) is -0.248. The van der Waals surface area contributed by atoms with Crippen molar-refractivity contribution < 1.29 is 9.53 Å². The van der Waals surface area contributed by atoms with Gasteiger partial charge < -0.3 is 4.74 Å². The number of fused-ring (bicyclic) bond motifs is 3. The molecule has 0 radical (unpaired) electrons. The highest BCUT2D eigenvalue weighted by molar-refractivity contribution is 7.19. The number of pyridine rings is 1. The Hall–Kier alpha value is -1.91. The van der Waals surface area contributed by atoms with E-state index in [1.807, 2.05) is 25.1 Å². The second-order valence-corrected chi connectivity index (χ2v) is 8.23. The van der Waals surface area contributed by atoms with Crippen molar-refractivity contribution in [2.45, 2.75) is 39.0 Å². The summed E-state index contributed by atoms with van der Waals surface area (Å²) in [6.07, 6.45) is 4.86. The summed E-state index contributed by atoms with van der Waals surface area (Å²) in [5, 5.41) is 1.90. The molecule has 0 aliphatic heterocycles. The molecule has 1 aliphatic rings. The molecule has 2 aromatic heterocycles. The van der Waals surface area contributed by atoms with Crippen LogP contribution in [0.4, 0.5) is 0 Å². The quantitative estimate of drug-likeness (QED) is 0.557. The largest absolute Gasteiger partial charge is 0.469 e. The third-order valence-corrected chi connectivity index (χ3v) is 6.49. The third kappa shape index (κ3) is 3.01. The number of hydrogen-bond acceptors (Lipinski definition) is 4. The lowest BCUT2D eigenvalue weighted by Crippen LogP contribution is -2.09. The molecule has 0 saturated heterocycles. The van der Waals surface area contributed by atoms with Crippen LogP contribution in [0.15, 0.2) is 24.3 Å². The van der Waals surface area contributed by atoms with Crippen LogP contribution in [0.3, 0.4) is 0 Å². The number of esters is 1. The Bertz CT molecular complexity index is 1010. The van der Waals surface area contributed by atoms with Crippen LogP contribution in [-0.4, -0.2) is 18.1 Å². The molecule has 0 saturated carbocycles. The number of thiophene rings is 1. The van der Waals surface area contributed by atoms with Crippen LogP contribution in [-0.2, 0) is 28.8 Å². The predicted octanol–water partition coefficient (Wildman–Crippen LogP) is 5.52. The zero-order valence-corrected chi connectivity index (χ0v) is 16.5. The van der Waals surface area contributed by atoms with Gasteiger partial charge in [-0.2, -0.15) is 0 Å². The maximum atomic E-state index is 12.1.